The number of carbonyl (C=O) groups is 1. The highest BCUT2D eigenvalue weighted by Gasteiger charge is 2.07. The molecule has 0 atom stereocenters. The third kappa shape index (κ3) is 3.37. The fraction of sp³-hybridized carbons (Fsp3) is 0.143. The molecular weight excluding hydrogens is 324 g/mol. The lowest BCUT2D eigenvalue weighted by molar-refractivity contribution is 0.0954. The van der Waals surface area contributed by atoms with Gasteiger partial charge in [0.05, 0.1) is 5.69 Å². The van der Waals surface area contributed by atoms with Crippen molar-refractivity contribution in [1.29, 1.82) is 0 Å². The van der Waals surface area contributed by atoms with Crippen LogP contribution in [0.2, 0.25) is 0 Å². The average Bonchev–Trinajstić information content (AvgIpc) is 3.31. The van der Waals surface area contributed by atoms with Crippen molar-refractivity contribution < 1.29 is 4.79 Å². The van der Waals surface area contributed by atoms with Crippen molar-refractivity contribution in [2.75, 3.05) is 6.54 Å². The molecule has 5 heteroatoms. The Hall–Kier alpha value is -3.34. The Morgan fingerprint density at radius 2 is 1.81 bits per heavy atom. The van der Waals surface area contributed by atoms with E-state index in [0.29, 0.717) is 18.5 Å². The minimum Gasteiger partial charge on any atom is -0.352 e. The summed E-state index contributed by atoms with van der Waals surface area (Å²) >= 11 is 0. The lowest BCUT2D eigenvalue weighted by atomic mass is 10.2. The summed E-state index contributed by atoms with van der Waals surface area (Å²) < 4.78 is 4.03. The maximum Gasteiger partial charge on any atom is 0.251 e. The van der Waals surface area contributed by atoms with Gasteiger partial charge in [0.25, 0.3) is 5.91 Å². The van der Waals surface area contributed by atoms with Crippen LogP contribution in [0.5, 0.6) is 0 Å². The van der Waals surface area contributed by atoms with Crippen LogP contribution in [0, 0.1) is 6.92 Å². The number of amides is 1. The second-order valence-corrected chi connectivity index (χ2v) is 6.35. The van der Waals surface area contributed by atoms with Gasteiger partial charge >= 0.3 is 0 Å². The molecule has 0 radical (unpaired) electrons. The maximum absolute atomic E-state index is 12.3. The molecule has 0 spiro atoms. The van der Waals surface area contributed by atoms with E-state index in [-0.39, 0.29) is 5.91 Å². The molecule has 1 N–H and O–H groups in total. The van der Waals surface area contributed by atoms with Crippen LogP contribution in [0.25, 0.3) is 11.3 Å². The molecule has 4 rings (SSSR count). The second-order valence-electron chi connectivity index (χ2n) is 6.35. The summed E-state index contributed by atoms with van der Waals surface area (Å²) in [7, 11) is 0. The number of imidazole rings is 1. The molecule has 3 aromatic heterocycles. The van der Waals surface area contributed by atoms with Crippen molar-refractivity contribution in [2.24, 2.45) is 0 Å². The van der Waals surface area contributed by atoms with Gasteiger partial charge in [-0.1, -0.05) is 6.07 Å². The van der Waals surface area contributed by atoms with Gasteiger partial charge in [0.15, 0.2) is 0 Å². The van der Waals surface area contributed by atoms with Gasteiger partial charge < -0.3 is 14.3 Å². The molecular formula is C21H20N4O. The molecule has 5 nitrogen and oxygen atoms in total. The Morgan fingerprint density at radius 3 is 2.58 bits per heavy atom. The second kappa shape index (κ2) is 6.88. The normalized spacial score (nSPS) is 11.0. The zero-order chi connectivity index (χ0) is 17.9. The van der Waals surface area contributed by atoms with Gasteiger partial charge in [-0.3, -0.25) is 4.79 Å². The number of aryl methyl sites for hydroxylation is 1. The van der Waals surface area contributed by atoms with Crippen LogP contribution in [0.3, 0.4) is 0 Å². The molecule has 0 aliphatic rings. The molecule has 1 aromatic carbocycles. The minimum atomic E-state index is -0.0661. The average molecular weight is 344 g/mol. The van der Waals surface area contributed by atoms with Crippen LogP contribution in [-0.2, 0) is 6.42 Å². The molecule has 26 heavy (non-hydrogen) atoms. The lowest BCUT2D eigenvalue weighted by Gasteiger charge is -2.06. The molecule has 0 fully saturated rings. The van der Waals surface area contributed by atoms with Gasteiger partial charge in [-0.15, -0.1) is 0 Å². The van der Waals surface area contributed by atoms with E-state index in [0.717, 1.165) is 17.0 Å². The molecule has 4 aromatic rings. The van der Waals surface area contributed by atoms with Gasteiger partial charge in [-0.2, -0.15) is 0 Å². The summed E-state index contributed by atoms with van der Waals surface area (Å²) in [6.07, 6.45) is 8.72. The van der Waals surface area contributed by atoms with Crippen LogP contribution in [-0.4, -0.2) is 26.4 Å². The largest absolute Gasteiger partial charge is 0.352 e. The number of nitrogens with one attached hydrogen (secondary N) is 1. The third-order valence-electron chi connectivity index (χ3n) is 4.35. The van der Waals surface area contributed by atoms with E-state index in [9.17, 15) is 4.79 Å². The molecule has 0 saturated heterocycles. The molecule has 130 valence electrons. The molecule has 0 unspecified atom stereocenters. The Bertz CT molecular complexity index is 1030. The van der Waals surface area contributed by atoms with Gasteiger partial charge in [0.2, 0.25) is 0 Å². The molecule has 0 bridgehead atoms. The fourth-order valence-electron chi connectivity index (χ4n) is 2.97. The first-order valence-corrected chi connectivity index (χ1v) is 8.65. The number of benzene rings is 1. The molecule has 0 saturated carbocycles. The van der Waals surface area contributed by atoms with Crippen LogP contribution < -0.4 is 5.32 Å². The van der Waals surface area contributed by atoms with Crippen LogP contribution in [0.4, 0.5) is 0 Å². The standard InChI is InChI=1S/C21H20N4O/c1-16-4-9-20-23-18(15-25(20)14-16)10-11-22-21(26)17-5-7-19(8-6-17)24-12-2-3-13-24/h2-9,12-15H,10-11H2,1H3,(H,22,26). The van der Waals surface area contributed by atoms with E-state index in [1.165, 1.54) is 5.56 Å². The highest BCUT2D eigenvalue weighted by atomic mass is 16.1. The van der Waals surface area contributed by atoms with Crippen LogP contribution in [0.15, 0.2) is 73.3 Å². The Morgan fingerprint density at radius 1 is 1.04 bits per heavy atom. The van der Waals surface area contributed by atoms with Gasteiger partial charge in [-0.05, 0) is 55.0 Å². The van der Waals surface area contributed by atoms with E-state index in [2.05, 4.69) is 23.4 Å². The van der Waals surface area contributed by atoms with Gasteiger partial charge in [0, 0.05) is 49.0 Å². The monoisotopic (exact) mass is 344 g/mol. The van der Waals surface area contributed by atoms with E-state index in [1.807, 2.05) is 76.1 Å². The highest BCUT2D eigenvalue weighted by molar-refractivity contribution is 5.94. The van der Waals surface area contributed by atoms with Crippen molar-refractivity contribution in [1.82, 2.24) is 19.3 Å². The number of aromatic nitrogens is 3. The summed E-state index contributed by atoms with van der Waals surface area (Å²) in [5, 5.41) is 2.96. The Balaban J connectivity index is 1.35. The highest BCUT2D eigenvalue weighted by Crippen LogP contribution is 2.10. The summed E-state index contributed by atoms with van der Waals surface area (Å²) in [5.41, 5.74) is 4.78. The first-order chi connectivity index (χ1) is 12.7. The fourth-order valence-corrected chi connectivity index (χ4v) is 2.97. The molecule has 0 aliphatic heterocycles. The lowest BCUT2D eigenvalue weighted by Crippen LogP contribution is -2.25. The van der Waals surface area contributed by atoms with E-state index >= 15 is 0 Å². The summed E-state index contributed by atoms with van der Waals surface area (Å²) in [6, 6.07) is 15.6. The van der Waals surface area contributed by atoms with Crippen molar-refractivity contribution in [3.63, 3.8) is 0 Å². The SMILES string of the molecule is Cc1ccc2nc(CCNC(=O)c3ccc(-n4cccc4)cc3)cn2c1. The quantitative estimate of drug-likeness (QED) is 0.603. The van der Waals surface area contributed by atoms with Crippen molar-refractivity contribution in [3.8, 4) is 5.69 Å². The van der Waals surface area contributed by atoms with E-state index in [4.69, 9.17) is 0 Å². The van der Waals surface area contributed by atoms with Gasteiger partial charge in [0.1, 0.15) is 5.65 Å². The van der Waals surface area contributed by atoms with Crippen molar-refractivity contribution in [2.45, 2.75) is 13.3 Å². The minimum absolute atomic E-state index is 0.0661. The molecule has 1 amide bonds. The number of nitrogens with zero attached hydrogens (tertiary/aromatic N) is 3. The number of hydrogen-bond acceptors (Lipinski definition) is 2. The third-order valence-corrected chi connectivity index (χ3v) is 4.35. The zero-order valence-corrected chi connectivity index (χ0v) is 14.6. The molecule has 3 heterocycles. The van der Waals surface area contributed by atoms with Crippen molar-refractivity contribution in [3.05, 3.63) is 90.1 Å². The zero-order valence-electron chi connectivity index (χ0n) is 14.6. The first-order valence-electron chi connectivity index (χ1n) is 8.65. The number of carbonyl (C=O) groups excluding carboxylic acids is 1. The van der Waals surface area contributed by atoms with Gasteiger partial charge in [-0.25, -0.2) is 4.98 Å². The number of hydrogen-bond donors (Lipinski definition) is 1. The summed E-state index contributed by atoms with van der Waals surface area (Å²) in [5.74, 6) is -0.0661. The number of pyridine rings is 1. The summed E-state index contributed by atoms with van der Waals surface area (Å²) in [6.45, 7) is 2.61. The predicted molar refractivity (Wildman–Crippen MR) is 102 cm³/mol. The maximum atomic E-state index is 12.3. The van der Waals surface area contributed by atoms with Crippen molar-refractivity contribution >= 4 is 11.6 Å². The van der Waals surface area contributed by atoms with Crippen LogP contribution in [0.1, 0.15) is 21.6 Å². The summed E-state index contributed by atoms with van der Waals surface area (Å²) in [4.78, 5) is 16.9. The Kier molecular flexibility index (Phi) is 4.27. The van der Waals surface area contributed by atoms with E-state index < -0.39 is 0 Å². The Labute approximate surface area is 151 Å². The number of rotatable bonds is 5. The smallest absolute Gasteiger partial charge is 0.251 e. The molecule has 0 aliphatic carbocycles. The predicted octanol–water partition coefficient (Wildman–Crippen LogP) is 3.41. The number of fused-ring (bicyclic) bond motifs is 1. The topological polar surface area (TPSA) is 51.3 Å². The first kappa shape index (κ1) is 16.1. The van der Waals surface area contributed by atoms with Crippen LogP contribution >= 0.6 is 0 Å². The van der Waals surface area contributed by atoms with E-state index in [1.54, 1.807) is 0 Å².